The number of hydrogen-bond donors (Lipinski definition) is 1. The van der Waals surface area contributed by atoms with Gasteiger partial charge < -0.3 is 14.7 Å². The Morgan fingerprint density at radius 3 is 2.67 bits per heavy atom. The van der Waals surface area contributed by atoms with Crippen molar-refractivity contribution in [3.63, 3.8) is 0 Å². The van der Waals surface area contributed by atoms with Gasteiger partial charge in [-0.2, -0.15) is 4.68 Å². The topological polar surface area (TPSA) is 76.3 Å². The van der Waals surface area contributed by atoms with Crippen LogP contribution in [0.3, 0.4) is 0 Å². The molecular formula is C17H23N5O2. The zero-order valence-electron chi connectivity index (χ0n) is 13.9. The molecule has 1 aliphatic heterocycles. The van der Waals surface area contributed by atoms with E-state index in [1.54, 1.807) is 4.68 Å². The Labute approximate surface area is 141 Å². The van der Waals surface area contributed by atoms with Crippen LogP contribution in [-0.4, -0.2) is 57.2 Å². The van der Waals surface area contributed by atoms with E-state index < -0.39 is 0 Å². The number of aliphatic hydroxyl groups excluding tert-OH is 1. The number of hydrogen-bond acceptors (Lipinski definition) is 6. The van der Waals surface area contributed by atoms with Crippen LogP contribution < -0.4 is 4.90 Å². The molecule has 2 aromatic rings. The zero-order chi connectivity index (χ0) is 16.6. The minimum absolute atomic E-state index is 0.0858. The Hall–Kier alpha value is -1.99. The second kappa shape index (κ2) is 6.14. The molecule has 7 heteroatoms. The molecule has 1 saturated carbocycles. The summed E-state index contributed by atoms with van der Waals surface area (Å²) in [6, 6.07) is 9.91. The van der Waals surface area contributed by atoms with Crippen molar-refractivity contribution in [2.45, 2.75) is 38.4 Å². The molecule has 0 radical (unpaired) electrons. The minimum Gasteiger partial charge on any atom is -0.392 e. The summed E-state index contributed by atoms with van der Waals surface area (Å²) < 4.78 is 7.61. The number of ether oxygens (including phenoxy) is 1. The molecule has 1 saturated heterocycles. The summed E-state index contributed by atoms with van der Waals surface area (Å²) in [6.07, 6.45) is 2.50. The predicted molar refractivity (Wildman–Crippen MR) is 89.1 cm³/mol. The SMILES string of the molecule is CCO[C@H]1C[C@@H](O)C12CCN(c1nnnn1-c1ccccc1)CC2. The number of piperidine rings is 1. The number of aliphatic hydroxyl groups is 1. The van der Waals surface area contributed by atoms with Crippen molar-refractivity contribution in [3.8, 4) is 5.69 Å². The molecular weight excluding hydrogens is 306 g/mol. The van der Waals surface area contributed by atoms with Crippen molar-refractivity contribution in [3.05, 3.63) is 30.3 Å². The molecule has 1 aromatic carbocycles. The van der Waals surface area contributed by atoms with Gasteiger partial charge in [-0.15, -0.1) is 0 Å². The van der Waals surface area contributed by atoms with Gasteiger partial charge in [0.05, 0.1) is 17.9 Å². The standard InChI is InChI=1S/C17H23N5O2/c1-2-24-15-12-14(23)17(15)8-10-21(11-9-17)16-18-19-20-22(16)13-6-4-3-5-7-13/h3-7,14-15,23H,2,8-12H2,1H3/t14-,15+/m1/s1. The average molecular weight is 329 g/mol. The van der Waals surface area contributed by atoms with E-state index in [0.29, 0.717) is 6.61 Å². The van der Waals surface area contributed by atoms with Gasteiger partial charge in [0.1, 0.15) is 0 Å². The van der Waals surface area contributed by atoms with Crippen LogP contribution in [0.15, 0.2) is 30.3 Å². The van der Waals surface area contributed by atoms with E-state index >= 15 is 0 Å². The van der Waals surface area contributed by atoms with Crippen LogP contribution in [0, 0.1) is 5.41 Å². The first kappa shape index (κ1) is 15.5. The summed E-state index contributed by atoms with van der Waals surface area (Å²) >= 11 is 0. The van der Waals surface area contributed by atoms with E-state index in [2.05, 4.69) is 20.4 Å². The fourth-order valence-corrected chi connectivity index (χ4v) is 4.06. The van der Waals surface area contributed by atoms with Crippen molar-refractivity contribution in [2.75, 3.05) is 24.6 Å². The third-order valence-electron chi connectivity index (χ3n) is 5.54. The van der Waals surface area contributed by atoms with Gasteiger partial charge >= 0.3 is 0 Å². The highest BCUT2D eigenvalue weighted by Crippen LogP contribution is 2.51. The molecule has 2 aliphatic rings. The molecule has 4 rings (SSSR count). The number of anilines is 1. The number of tetrazole rings is 1. The highest BCUT2D eigenvalue weighted by Gasteiger charge is 2.56. The number of rotatable bonds is 4. The van der Waals surface area contributed by atoms with Crippen LogP contribution in [0.2, 0.25) is 0 Å². The normalized spacial score (nSPS) is 25.7. The summed E-state index contributed by atoms with van der Waals surface area (Å²) in [5.41, 5.74) is 0.867. The van der Waals surface area contributed by atoms with Crippen molar-refractivity contribution in [1.82, 2.24) is 20.2 Å². The van der Waals surface area contributed by atoms with Crippen LogP contribution in [0.1, 0.15) is 26.2 Å². The largest absolute Gasteiger partial charge is 0.392 e. The monoisotopic (exact) mass is 329 g/mol. The molecule has 24 heavy (non-hydrogen) atoms. The first-order chi connectivity index (χ1) is 11.7. The maximum absolute atomic E-state index is 10.3. The molecule has 0 unspecified atom stereocenters. The average Bonchev–Trinajstić information content (AvgIpc) is 3.12. The lowest BCUT2D eigenvalue weighted by atomic mass is 9.58. The molecule has 2 heterocycles. The second-order valence-corrected chi connectivity index (χ2v) is 6.64. The molecule has 1 N–H and O–H groups in total. The predicted octanol–water partition coefficient (Wildman–Crippen LogP) is 1.42. The van der Waals surface area contributed by atoms with Gasteiger partial charge in [-0.05, 0) is 42.3 Å². The van der Waals surface area contributed by atoms with E-state index in [-0.39, 0.29) is 17.6 Å². The molecule has 1 spiro atoms. The Kier molecular flexibility index (Phi) is 3.97. The summed E-state index contributed by atoms with van der Waals surface area (Å²) in [5, 5.41) is 22.5. The quantitative estimate of drug-likeness (QED) is 0.914. The zero-order valence-corrected chi connectivity index (χ0v) is 13.9. The molecule has 2 atom stereocenters. The lowest BCUT2D eigenvalue weighted by Crippen LogP contribution is -2.62. The second-order valence-electron chi connectivity index (χ2n) is 6.64. The van der Waals surface area contributed by atoms with Crippen LogP contribution >= 0.6 is 0 Å². The molecule has 0 bridgehead atoms. The van der Waals surface area contributed by atoms with Gasteiger partial charge in [-0.25, -0.2) is 0 Å². The van der Waals surface area contributed by atoms with Gasteiger partial charge in [0, 0.05) is 31.5 Å². The van der Waals surface area contributed by atoms with E-state index in [1.807, 2.05) is 37.3 Å². The van der Waals surface area contributed by atoms with E-state index in [0.717, 1.165) is 44.0 Å². The van der Waals surface area contributed by atoms with Crippen molar-refractivity contribution < 1.29 is 9.84 Å². The van der Waals surface area contributed by atoms with Crippen molar-refractivity contribution in [2.24, 2.45) is 5.41 Å². The van der Waals surface area contributed by atoms with Gasteiger partial charge in [-0.1, -0.05) is 23.3 Å². The molecule has 7 nitrogen and oxygen atoms in total. The van der Waals surface area contributed by atoms with Crippen LogP contribution in [0.25, 0.3) is 5.69 Å². The van der Waals surface area contributed by atoms with Crippen molar-refractivity contribution >= 4 is 5.95 Å². The highest BCUT2D eigenvalue weighted by molar-refractivity contribution is 5.41. The van der Waals surface area contributed by atoms with Gasteiger partial charge in [0.2, 0.25) is 5.95 Å². The Morgan fingerprint density at radius 2 is 2.00 bits per heavy atom. The number of para-hydroxylation sites is 1. The van der Waals surface area contributed by atoms with Crippen LogP contribution in [0.5, 0.6) is 0 Å². The Balaban J connectivity index is 1.50. The van der Waals surface area contributed by atoms with E-state index in [1.165, 1.54) is 0 Å². The van der Waals surface area contributed by atoms with Crippen molar-refractivity contribution in [1.29, 1.82) is 0 Å². The van der Waals surface area contributed by atoms with Gasteiger partial charge in [-0.3, -0.25) is 0 Å². The van der Waals surface area contributed by atoms with Crippen LogP contribution in [0.4, 0.5) is 5.95 Å². The molecule has 1 aromatic heterocycles. The molecule has 1 aliphatic carbocycles. The van der Waals surface area contributed by atoms with E-state index in [9.17, 15) is 5.11 Å². The first-order valence-electron chi connectivity index (χ1n) is 8.63. The number of benzene rings is 1. The lowest BCUT2D eigenvalue weighted by Gasteiger charge is -2.56. The summed E-state index contributed by atoms with van der Waals surface area (Å²) in [5.74, 6) is 0.762. The van der Waals surface area contributed by atoms with Gasteiger partial charge in [0.15, 0.2) is 0 Å². The fourth-order valence-electron chi connectivity index (χ4n) is 4.06. The summed E-state index contributed by atoms with van der Waals surface area (Å²) in [6.45, 7) is 4.37. The minimum atomic E-state index is -0.249. The summed E-state index contributed by atoms with van der Waals surface area (Å²) in [4.78, 5) is 2.20. The number of aromatic nitrogens is 4. The third kappa shape index (κ3) is 2.39. The Bertz CT molecular complexity index is 679. The Morgan fingerprint density at radius 1 is 1.25 bits per heavy atom. The fraction of sp³-hybridized carbons (Fsp3) is 0.588. The lowest BCUT2D eigenvalue weighted by molar-refractivity contribution is -0.199. The summed E-state index contributed by atoms with van der Waals surface area (Å²) in [7, 11) is 0. The smallest absolute Gasteiger partial charge is 0.250 e. The van der Waals surface area contributed by atoms with E-state index in [4.69, 9.17) is 4.74 Å². The first-order valence-corrected chi connectivity index (χ1v) is 8.63. The maximum Gasteiger partial charge on any atom is 0.250 e. The van der Waals surface area contributed by atoms with Crippen LogP contribution in [-0.2, 0) is 4.74 Å². The molecule has 2 fully saturated rings. The maximum atomic E-state index is 10.3. The third-order valence-corrected chi connectivity index (χ3v) is 5.54. The highest BCUT2D eigenvalue weighted by atomic mass is 16.5. The number of nitrogens with zero attached hydrogens (tertiary/aromatic N) is 5. The molecule has 0 amide bonds. The molecule has 128 valence electrons. The van der Waals surface area contributed by atoms with Gasteiger partial charge in [0.25, 0.3) is 0 Å².